The summed E-state index contributed by atoms with van der Waals surface area (Å²) in [5, 5.41) is 9.42. The summed E-state index contributed by atoms with van der Waals surface area (Å²) in [5.74, 6) is 3.05. The van der Waals surface area contributed by atoms with E-state index in [2.05, 4.69) is 10.2 Å². The Bertz CT molecular complexity index is 1290. The number of nitrogens with zero attached hydrogens (tertiary/aromatic N) is 4. The molecule has 0 bridgehead atoms. The molecule has 2 aromatic carbocycles. The molecule has 1 atom stereocenters. The molecule has 2 aromatic heterocycles. The van der Waals surface area contributed by atoms with Gasteiger partial charge in [0.25, 0.3) is 0 Å². The number of amides is 1. The summed E-state index contributed by atoms with van der Waals surface area (Å²) in [4.78, 5) is 14.6. The topological polar surface area (TPSA) is 82.6 Å². The first kappa shape index (κ1) is 22.1. The second-order valence-corrected chi connectivity index (χ2v) is 8.87. The fourth-order valence-electron chi connectivity index (χ4n) is 3.76. The highest BCUT2D eigenvalue weighted by Gasteiger charge is 2.25. The molecule has 0 fully saturated rings. The van der Waals surface area contributed by atoms with Crippen molar-refractivity contribution in [3.05, 3.63) is 72.7 Å². The van der Waals surface area contributed by atoms with E-state index in [0.717, 1.165) is 22.8 Å². The standard InChI is InChI=1S/C25H24N4O4S/c1-17-20(12-13-31-17)24-26-27-25(29(24)18-8-4-3-5-9-18)34-16-23(30)28(2)14-19-15-32-21-10-6-7-11-22(21)33-19/h3-13,19H,14-16H2,1-2H3/t19-/m1/s1. The first-order chi connectivity index (χ1) is 16.6. The average Bonchev–Trinajstić information content (AvgIpc) is 3.48. The van der Waals surface area contributed by atoms with Crippen molar-refractivity contribution in [2.45, 2.75) is 18.2 Å². The number of aromatic nitrogens is 3. The Morgan fingerprint density at radius 3 is 2.62 bits per heavy atom. The van der Waals surface area contributed by atoms with Gasteiger partial charge in [-0.2, -0.15) is 0 Å². The molecule has 5 rings (SSSR count). The van der Waals surface area contributed by atoms with Crippen molar-refractivity contribution in [1.82, 2.24) is 19.7 Å². The van der Waals surface area contributed by atoms with Gasteiger partial charge in [-0.3, -0.25) is 9.36 Å². The van der Waals surface area contributed by atoms with Crippen molar-refractivity contribution >= 4 is 17.7 Å². The lowest BCUT2D eigenvalue weighted by Gasteiger charge is -2.29. The van der Waals surface area contributed by atoms with Crippen LogP contribution in [0.3, 0.4) is 0 Å². The Kier molecular flexibility index (Phi) is 6.27. The van der Waals surface area contributed by atoms with E-state index < -0.39 is 0 Å². The number of carbonyl (C=O) groups excluding carboxylic acids is 1. The smallest absolute Gasteiger partial charge is 0.232 e. The number of hydrogen-bond donors (Lipinski definition) is 0. The highest BCUT2D eigenvalue weighted by Crippen LogP contribution is 2.32. The predicted molar refractivity (Wildman–Crippen MR) is 129 cm³/mol. The third-order valence-corrected chi connectivity index (χ3v) is 6.46. The van der Waals surface area contributed by atoms with Gasteiger partial charge in [-0.15, -0.1) is 10.2 Å². The van der Waals surface area contributed by atoms with Crippen molar-refractivity contribution in [3.63, 3.8) is 0 Å². The Balaban J connectivity index is 1.28. The minimum Gasteiger partial charge on any atom is -0.486 e. The molecule has 0 aliphatic carbocycles. The van der Waals surface area contributed by atoms with E-state index in [1.807, 2.05) is 72.2 Å². The van der Waals surface area contributed by atoms with Gasteiger partial charge >= 0.3 is 0 Å². The molecule has 0 saturated carbocycles. The molecule has 4 aromatic rings. The minimum absolute atomic E-state index is 0.0314. The number of thioether (sulfide) groups is 1. The summed E-state index contributed by atoms with van der Waals surface area (Å²) in [7, 11) is 1.77. The van der Waals surface area contributed by atoms with Crippen molar-refractivity contribution in [2.24, 2.45) is 0 Å². The van der Waals surface area contributed by atoms with Gasteiger partial charge in [-0.1, -0.05) is 42.1 Å². The van der Waals surface area contributed by atoms with E-state index in [4.69, 9.17) is 13.9 Å². The second-order valence-electron chi connectivity index (χ2n) is 7.93. The van der Waals surface area contributed by atoms with Crippen molar-refractivity contribution in [2.75, 3.05) is 26.0 Å². The summed E-state index contributed by atoms with van der Waals surface area (Å²) in [6.45, 7) is 2.72. The van der Waals surface area contributed by atoms with Crippen LogP contribution < -0.4 is 9.47 Å². The van der Waals surface area contributed by atoms with Gasteiger partial charge in [0, 0.05) is 12.7 Å². The number of furan rings is 1. The number of ether oxygens (including phenoxy) is 2. The SMILES string of the molecule is Cc1occc1-c1nnc(SCC(=O)N(C)C[C@@H]2COc3ccccc3O2)n1-c1ccccc1. The van der Waals surface area contributed by atoms with Gasteiger partial charge in [0.15, 0.2) is 28.6 Å². The maximum Gasteiger partial charge on any atom is 0.232 e. The van der Waals surface area contributed by atoms with E-state index in [9.17, 15) is 4.79 Å². The Morgan fingerprint density at radius 1 is 1.09 bits per heavy atom. The summed E-state index contributed by atoms with van der Waals surface area (Å²) < 4.78 is 19.2. The Hall–Kier alpha value is -3.72. The zero-order chi connectivity index (χ0) is 23.5. The third-order valence-electron chi connectivity index (χ3n) is 5.54. The maximum atomic E-state index is 12.9. The normalized spacial score (nSPS) is 14.7. The average molecular weight is 477 g/mol. The fourth-order valence-corrected chi connectivity index (χ4v) is 4.65. The van der Waals surface area contributed by atoms with Gasteiger partial charge in [0.2, 0.25) is 5.91 Å². The second kappa shape index (κ2) is 9.64. The molecular weight excluding hydrogens is 452 g/mol. The molecule has 9 heteroatoms. The van der Waals surface area contributed by atoms with Crippen LogP contribution in [0.15, 0.2) is 76.5 Å². The Morgan fingerprint density at radius 2 is 1.85 bits per heavy atom. The van der Waals surface area contributed by atoms with Gasteiger partial charge in [0.1, 0.15) is 12.4 Å². The number of aryl methyl sites for hydroxylation is 1. The number of benzene rings is 2. The lowest BCUT2D eigenvalue weighted by molar-refractivity contribution is -0.128. The van der Waals surface area contributed by atoms with Crippen LogP contribution in [-0.2, 0) is 4.79 Å². The number of fused-ring (bicyclic) bond motifs is 1. The molecule has 0 saturated heterocycles. The van der Waals surface area contributed by atoms with Crippen molar-refractivity contribution in [3.8, 4) is 28.6 Å². The number of hydrogen-bond acceptors (Lipinski definition) is 7. The molecule has 0 N–H and O–H groups in total. The first-order valence-corrected chi connectivity index (χ1v) is 11.9. The maximum absolute atomic E-state index is 12.9. The molecule has 1 aliphatic heterocycles. The van der Waals surface area contributed by atoms with Gasteiger partial charge in [0.05, 0.1) is 24.1 Å². The summed E-state index contributed by atoms with van der Waals surface area (Å²) >= 11 is 1.35. The highest BCUT2D eigenvalue weighted by molar-refractivity contribution is 7.99. The molecule has 174 valence electrons. The van der Waals surface area contributed by atoms with Crippen LogP contribution in [-0.4, -0.2) is 57.6 Å². The van der Waals surface area contributed by atoms with E-state index >= 15 is 0 Å². The van der Waals surface area contributed by atoms with Crippen molar-refractivity contribution < 1.29 is 18.7 Å². The molecule has 34 heavy (non-hydrogen) atoms. The zero-order valence-corrected chi connectivity index (χ0v) is 19.7. The van der Waals surface area contributed by atoms with Gasteiger partial charge in [-0.05, 0) is 37.3 Å². The van der Waals surface area contributed by atoms with Crippen LogP contribution in [0.1, 0.15) is 5.76 Å². The molecular formula is C25H24N4O4S. The molecule has 0 radical (unpaired) electrons. The lowest BCUT2D eigenvalue weighted by atomic mass is 10.2. The van der Waals surface area contributed by atoms with Crippen LogP contribution in [0.2, 0.25) is 0 Å². The zero-order valence-electron chi connectivity index (χ0n) is 18.9. The Labute approximate surface area is 201 Å². The van der Waals surface area contributed by atoms with Crippen LogP contribution in [0, 0.1) is 6.92 Å². The molecule has 3 heterocycles. The van der Waals surface area contributed by atoms with Crippen LogP contribution in [0.4, 0.5) is 0 Å². The largest absolute Gasteiger partial charge is 0.486 e. The quantitative estimate of drug-likeness (QED) is 0.369. The highest BCUT2D eigenvalue weighted by atomic mass is 32.2. The summed E-state index contributed by atoms with van der Waals surface area (Å²) in [6, 6.07) is 19.3. The predicted octanol–water partition coefficient (Wildman–Crippen LogP) is 4.23. The number of likely N-dealkylation sites (N-methyl/N-ethyl adjacent to an activating group) is 1. The van der Waals surface area contributed by atoms with Crippen LogP contribution in [0.25, 0.3) is 17.1 Å². The van der Waals surface area contributed by atoms with Crippen LogP contribution in [0.5, 0.6) is 11.5 Å². The summed E-state index contributed by atoms with van der Waals surface area (Å²) in [6.07, 6.45) is 1.41. The van der Waals surface area contributed by atoms with E-state index in [0.29, 0.717) is 29.9 Å². The molecule has 8 nitrogen and oxygen atoms in total. The monoisotopic (exact) mass is 476 g/mol. The minimum atomic E-state index is -0.225. The van der Waals surface area contributed by atoms with Crippen LogP contribution >= 0.6 is 11.8 Å². The number of rotatable bonds is 7. The number of para-hydroxylation sites is 3. The van der Waals surface area contributed by atoms with E-state index in [1.54, 1.807) is 18.2 Å². The van der Waals surface area contributed by atoms with Crippen molar-refractivity contribution in [1.29, 1.82) is 0 Å². The summed E-state index contributed by atoms with van der Waals surface area (Å²) in [5.41, 5.74) is 1.78. The van der Waals surface area contributed by atoms with Gasteiger partial charge in [-0.25, -0.2) is 0 Å². The van der Waals surface area contributed by atoms with E-state index in [-0.39, 0.29) is 17.8 Å². The van der Waals surface area contributed by atoms with E-state index in [1.165, 1.54) is 11.8 Å². The molecule has 1 amide bonds. The third kappa shape index (κ3) is 4.51. The first-order valence-electron chi connectivity index (χ1n) is 10.9. The lowest BCUT2D eigenvalue weighted by Crippen LogP contribution is -2.42. The fraction of sp³-hybridized carbons (Fsp3) is 0.240. The molecule has 0 spiro atoms. The number of carbonyl (C=O) groups is 1. The molecule has 0 unspecified atom stereocenters. The van der Waals surface area contributed by atoms with Gasteiger partial charge < -0.3 is 18.8 Å². The molecule has 1 aliphatic rings.